The number of aromatic nitrogens is 1. The number of rotatable bonds is 5. The van der Waals surface area contributed by atoms with Gasteiger partial charge < -0.3 is 15.2 Å². The smallest absolute Gasteiger partial charge is 0.456 e. The summed E-state index contributed by atoms with van der Waals surface area (Å²) < 4.78 is 82.0. The number of carbonyl (C=O) groups is 1. The number of nitrogens with zero attached hydrogens (tertiary/aromatic N) is 1. The van der Waals surface area contributed by atoms with E-state index in [1.54, 1.807) is 0 Å². The van der Waals surface area contributed by atoms with Crippen LogP contribution in [-0.2, 0) is 9.53 Å². The van der Waals surface area contributed by atoms with Crippen LogP contribution in [0, 0.1) is 5.95 Å². The number of carbonyl (C=O) groups excluding carboxylic acids is 1. The molecule has 0 radical (unpaired) electrons. The van der Waals surface area contributed by atoms with E-state index < -0.39 is 58.8 Å². The number of halogens is 8. The van der Waals surface area contributed by atoms with Crippen LogP contribution in [-0.4, -0.2) is 36.3 Å². The van der Waals surface area contributed by atoms with Crippen LogP contribution in [0.5, 0.6) is 5.88 Å². The van der Waals surface area contributed by atoms with Gasteiger partial charge in [-0.05, 0) is 0 Å². The maximum absolute atomic E-state index is 13.2. The number of pyridine rings is 1. The molecule has 0 aliphatic rings. The molecule has 2 N–H and O–H groups in total. The Morgan fingerprint density at radius 2 is 1.74 bits per heavy atom. The Labute approximate surface area is 134 Å². The van der Waals surface area contributed by atoms with Gasteiger partial charge in [-0.15, -0.1) is 0 Å². The molecule has 5 nitrogen and oxygen atoms in total. The van der Waals surface area contributed by atoms with Crippen molar-refractivity contribution in [3.05, 3.63) is 16.0 Å². The molecule has 13 heteroatoms. The van der Waals surface area contributed by atoms with E-state index in [9.17, 15) is 31.1 Å². The lowest BCUT2D eigenvalue weighted by atomic mass is 10.3. The fourth-order valence-corrected chi connectivity index (χ4v) is 1.40. The molecule has 130 valence electrons. The van der Waals surface area contributed by atoms with Crippen LogP contribution >= 0.6 is 23.2 Å². The van der Waals surface area contributed by atoms with Crippen molar-refractivity contribution in [2.75, 3.05) is 18.9 Å². The van der Waals surface area contributed by atoms with Crippen molar-refractivity contribution in [3.63, 3.8) is 0 Å². The molecular formula is C10H6Cl2F6N2O3. The van der Waals surface area contributed by atoms with Crippen molar-refractivity contribution in [1.82, 2.24) is 4.98 Å². The molecule has 1 rings (SSSR count). The van der Waals surface area contributed by atoms with Gasteiger partial charge >= 0.3 is 18.1 Å². The molecule has 0 aliphatic carbocycles. The summed E-state index contributed by atoms with van der Waals surface area (Å²) in [5.41, 5.74) is 4.82. The van der Waals surface area contributed by atoms with E-state index in [-0.39, 0.29) is 0 Å². The molecule has 0 spiro atoms. The average molecular weight is 387 g/mol. The number of nitrogens with two attached hydrogens (primary N) is 1. The third-order valence-corrected chi connectivity index (χ3v) is 2.92. The van der Waals surface area contributed by atoms with Gasteiger partial charge in [-0.1, -0.05) is 23.2 Å². The van der Waals surface area contributed by atoms with Gasteiger partial charge in [0, 0.05) is 0 Å². The summed E-state index contributed by atoms with van der Waals surface area (Å²) in [4.78, 5) is 14.2. The third-order valence-electron chi connectivity index (χ3n) is 2.20. The number of anilines is 1. The highest BCUT2D eigenvalue weighted by molar-refractivity contribution is 6.39. The third kappa shape index (κ3) is 4.67. The molecule has 0 unspecified atom stereocenters. The lowest BCUT2D eigenvalue weighted by Crippen LogP contribution is -2.41. The van der Waals surface area contributed by atoms with Crippen molar-refractivity contribution < 1.29 is 40.6 Å². The van der Waals surface area contributed by atoms with E-state index in [0.717, 1.165) is 0 Å². The van der Waals surface area contributed by atoms with Crippen LogP contribution in [0.4, 0.5) is 32.0 Å². The SMILES string of the molecule is Nc1c(Cl)c(F)nc(OCC(=O)OCC(F)(F)C(F)(F)F)c1Cl. The number of hydrogen-bond acceptors (Lipinski definition) is 5. The fourth-order valence-electron chi connectivity index (χ4n) is 1.03. The summed E-state index contributed by atoms with van der Waals surface area (Å²) >= 11 is 11.0. The summed E-state index contributed by atoms with van der Waals surface area (Å²) in [6, 6.07) is 0. The fraction of sp³-hybridized carbons (Fsp3) is 0.400. The van der Waals surface area contributed by atoms with Crippen molar-refractivity contribution in [2.45, 2.75) is 12.1 Å². The van der Waals surface area contributed by atoms with E-state index in [2.05, 4.69) is 14.5 Å². The largest absolute Gasteiger partial charge is 0.464 e. The number of alkyl halides is 5. The average Bonchev–Trinajstić information content (AvgIpc) is 2.44. The molecule has 1 aromatic rings. The summed E-state index contributed by atoms with van der Waals surface area (Å²) in [5, 5.41) is -1.10. The second kappa shape index (κ2) is 6.87. The molecule has 0 amide bonds. The van der Waals surface area contributed by atoms with Crippen LogP contribution in [0.15, 0.2) is 0 Å². The lowest BCUT2D eigenvalue weighted by molar-refractivity contribution is -0.294. The second-order valence-electron chi connectivity index (χ2n) is 3.90. The maximum Gasteiger partial charge on any atom is 0.456 e. The van der Waals surface area contributed by atoms with Gasteiger partial charge in [0.2, 0.25) is 11.8 Å². The number of hydrogen-bond donors (Lipinski definition) is 1. The summed E-state index contributed by atoms with van der Waals surface area (Å²) in [6.45, 7) is -3.40. The standard InChI is InChI=1S/C10H6Cl2F6N2O3/c11-4-6(19)5(12)8(20-7(4)13)22-1-3(21)23-2-9(14,15)10(16,17)18/h1-2H2,(H2,19,20). The first-order chi connectivity index (χ1) is 10.4. The van der Waals surface area contributed by atoms with Gasteiger partial charge in [-0.2, -0.15) is 31.3 Å². The zero-order valence-corrected chi connectivity index (χ0v) is 12.2. The minimum atomic E-state index is -5.88. The van der Waals surface area contributed by atoms with Gasteiger partial charge in [0.05, 0.1) is 5.69 Å². The van der Waals surface area contributed by atoms with Crippen molar-refractivity contribution in [1.29, 1.82) is 0 Å². The monoisotopic (exact) mass is 386 g/mol. The van der Waals surface area contributed by atoms with Crippen molar-refractivity contribution in [2.24, 2.45) is 0 Å². The van der Waals surface area contributed by atoms with Crippen LogP contribution in [0.25, 0.3) is 0 Å². The second-order valence-corrected chi connectivity index (χ2v) is 4.66. The molecule has 1 aromatic heterocycles. The first-order valence-electron chi connectivity index (χ1n) is 5.39. The molecule has 0 saturated carbocycles. The van der Waals surface area contributed by atoms with E-state index in [0.29, 0.717) is 0 Å². The van der Waals surface area contributed by atoms with E-state index >= 15 is 0 Å². The number of nitrogen functional groups attached to an aromatic ring is 1. The van der Waals surface area contributed by atoms with Gasteiger partial charge in [-0.3, -0.25) is 0 Å². The Morgan fingerprint density at radius 3 is 2.26 bits per heavy atom. The molecule has 0 fully saturated rings. The molecule has 0 bridgehead atoms. The zero-order chi connectivity index (χ0) is 18.0. The highest BCUT2D eigenvalue weighted by Gasteiger charge is 2.58. The maximum atomic E-state index is 13.2. The zero-order valence-electron chi connectivity index (χ0n) is 10.7. The minimum Gasteiger partial charge on any atom is -0.464 e. The molecule has 1 heterocycles. The number of esters is 1. The summed E-state index contributed by atoms with van der Waals surface area (Å²) in [6.07, 6.45) is -5.88. The van der Waals surface area contributed by atoms with Gasteiger partial charge in [-0.25, -0.2) is 4.79 Å². The Morgan fingerprint density at radius 1 is 1.17 bits per heavy atom. The number of ether oxygens (including phenoxy) is 2. The van der Waals surface area contributed by atoms with E-state index in [1.807, 2.05) is 0 Å². The quantitative estimate of drug-likeness (QED) is 0.477. The van der Waals surface area contributed by atoms with Crippen LogP contribution in [0.3, 0.4) is 0 Å². The normalized spacial score (nSPS) is 12.2. The summed E-state index contributed by atoms with van der Waals surface area (Å²) in [5.74, 6) is -8.83. The van der Waals surface area contributed by atoms with Crippen molar-refractivity contribution >= 4 is 34.9 Å². The van der Waals surface area contributed by atoms with Gasteiger partial charge in [0.15, 0.2) is 13.2 Å². The van der Waals surface area contributed by atoms with Crippen LogP contribution in [0.2, 0.25) is 10.0 Å². The molecule has 23 heavy (non-hydrogen) atoms. The minimum absolute atomic E-state index is 0.465. The van der Waals surface area contributed by atoms with Gasteiger partial charge in [0.25, 0.3) is 0 Å². The Balaban J connectivity index is 2.65. The molecule has 0 atom stereocenters. The molecule has 0 aliphatic heterocycles. The van der Waals surface area contributed by atoms with Crippen molar-refractivity contribution in [3.8, 4) is 5.88 Å². The van der Waals surface area contributed by atoms with Gasteiger partial charge in [0.1, 0.15) is 10.0 Å². The highest BCUT2D eigenvalue weighted by atomic mass is 35.5. The van der Waals surface area contributed by atoms with E-state index in [4.69, 9.17) is 28.9 Å². The molecule has 0 aromatic carbocycles. The Hall–Kier alpha value is -1.62. The lowest BCUT2D eigenvalue weighted by Gasteiger charge is -2.19. The first-order valence-corrected chi connectivity index (χ1v) is 6.15. The summed E-state index contributed by atoms with van der Waals surface area (Å²) in [7, 11) is 0. The Bertz CT molecular complexity index is 611. The highest BCUT2D eigenvalue weighted by Crippen LogP contribution is 2.36. The Kier molecular flexibility index (Phi) is 5.80. The first kappa shape index (κ1) is 19.4. The molecular weight excluding hydrogens is 381 g/mol. The van der Waals surface area contributed by atoms with Crippen LogP contribution < -0.4 is 10.5 Å². The topological polar surface area (TPSA) is 74.4 Å². The predicted octanol–water partition coefficient (Wildman–Crippen LogP) is 3.23. The van der Waals surface area contributed by atoms with Crippen LogP contribution in [0.1, 0.15) is 0 Å². The van der Waals surface area contributed by atoms with E-state index in [1.165, 1.54) is 0 Å². The molecule has 0 saturated heterocycles. The predicted molar refractivity (Wildman–Crippen MR) is 66.1 cm³/mol.